The van der Waals surface area contributed by atoms with Gasteiger partial charge in [0.1, 0.15) is 11.6 Å². The number of carbonyl (C=O) groups is 1. The first-order valence-corrected chi connectivity index (χ1v) is 9.20. The molecule has 0 saturated heterocycles. The van der Waals surface area contributed by atoms with Crippen LogP contribution in [0.3, 0.4) is 0 Å². The van der Waals surface area contributed by atoms with Crippen molar-refractivity contribution in [1.29, 1.82) is 0 Å². The van der Waals surface area contributed by atoms with Crippen molar-refractivity contribution >= 4 is 5.91 Å². The number of nitrogens with one attached hydrogen (secondary N) is 2. The van der Waals surface area contributed by atoms with E-state index in [-0.39, 0.29) is 18.1 Å². The number of carbonyl (C=O) groups excluding carboxylic acids is 1. The van der Waals surface area contributed by atoms with Gasteiger partial charge in [0.05, 0.1) is 6.61 Å². The minimum absolute atomic E-state index is 0.123. The normalized spacial score (nSPS) is 15.3. The summed E-state index contributed by atoms with van der Waals surface area (Å²) in [6, 6.07) is 5.67. The standard InChI is InChI=1S/C19H23FN4O4/c20-14-4-2-13(3-5-14)12-22-18(26)16-17(25)19(27)24-9-1-10-28-11-8-21-7-6-15(24)23-16/h2-5,21,25H,1,6-12H2,(H,22,26). The molecule has 1 aliphatic rings. The van der Waals surface area contributed by atoms with E-state index in [1.807, 2.05) is 0 Å². The van der Waals surface area contributed by atoms with Gasteiger partial charge in [-0.1, -0.05) is 12.1 Å². The SMILES string of the molecule is O=C(NCc1ccc(F)cc1)c1nc2n(c(=O)c1O)CCCOCCNCC2. The Balaban J connectivity index is 1.81. The maximum absolute atomic E-state index is 13.0. The molecule has 2 aromatic rings. The summed E-state index contributed by atoms with van der Waals surface area (Å²) in [6.07, 6.45) is 1.04. The first-order valence-electron chi connectivity index (χ1n) is 9.20. The average Bonchev–Trinajstić information content (AvgIpc) is 2.75. The smallest absolute Gasteiger partial charge is 0.296 e. The van der Waals surface area contributed by atoms with Gasteiger partial charge < -0.3 is 20.5 Å². The number of benzene rings is 1. The van der Waals surface area contributed by atoms with Crippen molar-refractivity contribution in [2.24, 2.45) is 0 Å². The average molecular weight is 390 g/mol. The maximum Gasteiger partial charge on any atom is 0.296 e. The molecule has 1 aliphatic heterocycles. The van der Waals surface area contributed by atoms with Gasteiger partial charge in [-0.25, -0.2) is 9.37 Å². The Labute approximate surface area is 161 Å². The van der Waals surface area contributed by atoms with E-state index >= 15 is 0 Å². The van der Waals surface area contributed by atoms with Crippen LogP contribution in [-0.2, 0) is 24.2 Å². The summed E-state index contributed by atoms with van der Waals surface area (Å²) < 4.78 is 19.8. The van der Waals surface area contributed by atoms with Crippen LogP contribution in [0, 0.1) is 5.82 Å². The Morgan fingerprint density at radius 1 is 1.29 bits per heavy atom. The van der Waals surface area contributed by atoms with Gasteiger partial charge >= 0.3 is 0 Å². The van der Waals surface area contributed by atoms with Crippen LogP contribution in [0.1, 0.15) is 28.3 Å². The fourth-order valence-corrected chi connectivity index (χ4v) is 2.93. The highest BCUT2D eigenvalue weighted by Crippen LogP contribution is 2.12. The minimum atomic E-state index is -0.677. The first kappa shape index (κ1) is 20.0. The molecule has 0 aliphatic carbocycles. The highest BCUT2D eigenvalue weighted by Gasteiger charge is 2.21. The number of nitrogens with zero attached hydrogens (tertiary/aromatic N) is 2. The lowest BCUT2D eigenvalue weighted by Gasteiger charge is -2.14. The minimum Gasteiger partial charge on any atom is -0.501 e. The van der Waals surface area contributed by atoms with Gasteiger partial charge in [0.15, 0.2) is 5.69 Å². The number of amides is 1. The molecule has 9 heteroatoms. The summed E-state index contributed by atoms with van der Waals surface area (Å²) in [4.78, 5) is 29.3. The van der Waals surface area contributed by atoms with Crippen LogP contribution >= 0.6 is 0 Å². The summed E-state index contributed by atoms with van der Waals surface area (Å²) >= 11 is 0. The molecule has 3 N–H and O–H groups in total. The molecule has 0 bridgehead atoms. The zero-order chi connectivity index (χ0) is 19.9. The van der Waals surface area contributed by atoms with Crippen molar-refractivity contribution in [2.75, 3.05) is 26.3 Å². The topological polar surface area (TPSA) is 105 Å². The molecule has 2 heterocycles. The van der Waals surface area contributed by atoms with Gasteiger partial charge in [-0.05, 0) is 24.1 Å². The number of halogens is 1. The number of rotatable bonds is 3. The molecule has 0 radical (unpaired) electrons. The Morgan fingerprint density at radius 2 is 2.07 bits per heavy atom. The molecule has 1 amide bonds. The first-order chi connectivity index (χ1) is 13.6. The van der Waals surface area contributed by atoms with Gasteiger partial charge in [-0.3, -0.25) is 14.2 Å². The lowest BCUT2D eigenvalue weighted by atomic mass is 10.2. The van der Waals surface area contributed by atoms with E-state index in [1.54, 1.807) is 12.1 Å². The van der Waals surface area contributed by atoms with Crippen LogP contribution in [-0.4, -0.2) is 46.9 Å². The van der Waals surface area contributed by atoms with Crippen LogP contribution < -0.4 is 16.2 Å². The van der Waals surface area contributed by atoms with E-state index in [1.165, 1.54) is 16.7 Å². The highest BCUT2D eigenvalue weighted by molar-refractivity contribution is 5.94. The van der Waals surface area contributed by atoms with Gasteiger partial charge in [0, 0.05) is 39.2 Å². The Kier molecular flexibility index (Phi) is 6.72. The third kappa shape index (κ3) is 4.93. The fourth-order valence-electron chi connectivity index (χ4n) is 2.93. The number of fused-ring (bicyclic) bond motifs is 1. The second-order valence-electron chi connectivity index (χ2n) is 6.46. The lowest BCUT2D eigenvalue weighted by molar-refractivity contribution is 0.0941. The van der Waals surface area contributed by atoms with E-state index in [2.05, 4.69) is 15.6 Å². The Bertz CT molecular complexity index is 883. The zero-order valence-corrected chi connectivity index (χ0v) is 15.4. The monoisotopic (exact) mass is 390 g/mol. The summed E-state index contributed by atoms with van der Waals surface area (Å²) in [5.74, 6) is -1.27. The number of hydrogen-bond acceptors (Lipinski definition) is 6. The summed E-state index contributed by atoms with van der Waals surface area (Å²) in [5, 5.41) is 16.0. The van der Waals surface area contributed by atoms with Crippen molar-refractivity contribution in [2.45, 2.75) is 25.9 Å². The molecule has 0 fully saturated rings. The van der Waals surface area contributed by atoms with Crippen LogP contribution in [0.15, 0.2) is 29.1 Å². The van der Waals surface area contributed by atoms with Gasteiger partial charge in [0.25, 0.3) is 11.5 Å². The van der Waals surface area contributed by atoms with Crippen molar-refractivity contribution in [3.63, 3.8) is 0 Å². The zero-order valence-electron chi connectivity index (χ0n) is 15.4. The molecule has 0 atom stereocenters. The summed E-state index contributed by atoms with van der Waals surface area (Å²) in [5.41, 5.74) is -0.258. The van der Waals surface area contributed by atoms with Crippen molar-refractivity contribution in [1.82, 2.24) is 20.2 Å². The van der Waals surface area contributed by atoms with Crippen LogP contribution in [0.5, 0.6) is 5.75 Å². The number of aromatic hydroxyl groups is 1. The summed E-state index contributed by atoms with van der Waals surface area (Å²) in [7, 11) is 0. The third-order valence-corrected chi connectivity index (χ3v) is 4.42. The molecule has 28 heavy (non-hydrogen) atoms. The number of hydrogen-bond donors (Lipinski definition) is 3. The van der Waals surface area contributed by atoms with Crippen molar-refractivity contribution in [3.8, 4) is 5.75 Å². The van der Waals surface area contributed by atoms with Gasteiger partial charge in [-0.15, -0.1) is 0 Å². The lowest BCUT2D eigenvalue weighted by Crippen LogP contribution is -2.32. The van der Waals surface area contributed by atoms with Crippen molar-refractivity contribution < 1.29 is 19.0 Å². The highest BCUT2D eigenvalue weighted by atomic mass is 19.1. The van der Waals surface area contributed by atoms with Crippen LogP contribution in [0.2, 0.25) is 0 Å². The van der Waals surface area contributed by atoms with E-state index < -0.39 is 17.2 Å². The molecule has 0 saturated carbocycles. The molecule has 8 nitrogen and oxygen atoms in total. The molecule has 150 valence electrons. The molecule has 3 rings (SSSR count). The largest absolute Gasteiger partial charge is 0.501 e. The molecular formula is C19H23FN4O4. The maximum atomic E-state index is 13.0. The molecule has 1 aromatic heterocycles. The molecular weight excluding hydrogens is 367 g/mol. The van der Waals surface area contributed by atoms with E-state index in [9.17, 15) is 19.1 Å². The third-order valence-electron chi connectivity index (χ3n) is 4.42. The number of ether oxygens (including phenoxy) is 1. The van der Waals surface area contributed by atoms with Crippen molar-refractivity contribution in [3.05, 3.63) is 57.5 Å². The molecule has 0 spiro atoms. The molecule has 0 unspecified atom stereocenters. The van der Waals surface area contributed by atoms with E-state index in [4.69, 9.17) is 4.74 Å². The molecule has 1 aromatic carbocycles. The Morgan fingerprint density at radius 3 is 2.86 bits per heavy atom. The predicted octanol–water partition coefficient (Wildman–Crippen LogP) is 0.570. The quantitative estimate of drug-likeness (QED) is 0.708. The van der Waals surface area contributed by atoms with Gasteiger partial charge in [0.2, 0.25) is 5.75 Å². The summed E-state index contributed by atoms with van der Waals surface area (Å²) in [6.45, 7) is 2.81. The van der Waals surface area contributed by atoms with Crippen LogP contribution in [0.25, 0.3) is 0 Å². The van der Waals surface area contributed by atoms with E-state index in [0.717, 1.165) is 0 Å². The predicted molar refractivity (Wildman–Crippen MR) is 99.7 cm³/mol. The number of aromatic nitrogens is 2. The fraction of sp³-hybridized carbons (Fsp3) is 0.421. The second-order valence-corrected chi connectivity index (χ2v) is 6.46. The Hall–Kier alpha value is -2.78. The second kappa shape index (κ2) is 9.43. The van der Waals surface area contributed by atoms with E-state index in [0.29, 0.717) is 57.1 Å². The van der Waals surface area contributed by atoms with Gasteiger partial charge in [-0.2, -0.15) is 0 Å². The van der Waals surface area contributed by atoms with Crippen LogP contribution in [0.4, 0.5) is 4.39 Å².